The van der Waals surface area contributed by atoms with Crippen LogP contribution in [0, 0.1) is 29.2 Å². The van der Waals surface area contributed by atoms with E-state index < -0.39 is 47.4 Å². The summed E-state index contributed by atoms with van der Waals surface area (Å²) >= 11 is 0. The van der Waals surface area contributed by atoms with Crippen LogP contribution in [-0.4, -0.2) is 24.2 Å². The van der Waals surface area contributed by atoms with E-state index in [4.69, 9.17) is 0 Å². The molecule has 1 aromatic rings. The molecule has 0 aromatic heterocycles. The van der Waals surface area contributed by atoms with Crippen molar-refractivity contribution in [2.75, 3.05) is 6.54 Å². The van der Waals surface area contributed by atoms with E-state index in [-0.39, 0.29) is 30.6 Å². The molecule has 30 heavy (non-hydrogen) atoms. The van der Waals surface area contributed by atoms with Crippen molar-refractivity contribution < 1.29 is 36.7 Å². The molecule has 0 atom stereocenters. The number of ether oxygens (including phenoxy) is 1. The Morgan fingerprint density at radius 2 is 1.40 bits per heavy atom. The Labute approximate surface area is 172 Å². The van der Waals surface area contributed by atoms with Crippen molar-refractivity contribution in [3.05, 3.63) is 29.3 Å². The number of halogens is 4. The number of amides is 1. The van der Waals surface area contributed by atoms with Gasteiger partial charge in [0.1, 0.15) is 12.3 Å². The van der Waals surface area contributed by atoms with Crippen LogP contribution in [0.15, 0.2) is 6.07 Å². The van der Waals surface area contributed by atoms with E-state index in [0.717, 1.165) is 38.5 Å². The van der Waals surface area contributed by atoms with Crippen LogP contribution >= 0.6 is 0 Å². The average molecular weight is 431 g/mol. The lowest BCUT2D eigenvalue weighted by atomic mass is 9.90. The molecule has 0 aliphatic heterocycles. The zero-order chi connectivity index (χ0) is 22.1. The Kier molecular flexibility index (Phi) is 9.26. The van der Waals surface area contributed by atoms with Crippen LogP contribution in [0.1, 0.15) is 64.2 Å². The summed E-state index contributed by atoms with van der Waals surface area (Å²) in [6.45, 7) is -0.770. The number of nitrogens with one attached hydrogen (secondary N) is 1. The predicted octanol–water partition coefficient (Wildman–Crippen LogP) is 4.36. The van der Waals surface area contributed by atoms with Crippen molar-refractivity contribution in [3.8, 4) is 5.75 Å². The molecule has 1 aromatic carbocycles. The topological polar surface area (TPSA) is 72.5 Å². The van der Waals surface area contributed by atoms with E-state index in [1.165, 1.54) is 12.8 Å². The molecule has 1 fully saturated rings. The molecule has 1 saturated carbocycles. The maximum absolute atomic E-state index is 13.5. The van der Waals surface area contributed by atoms with Crippen LogP contribution < -0.4 is 10.1 Å². The van der Waals surface area contributed by atoms with Crippen LogP contribution in [0.4, 0.5) is 17.6 Å². The molecule has 1 amide bonds. The number of carbonyl (C=O) groups excluding carboxylic acids is 3. The van der Waals surface area contributed by atoms with Gasteiger partial charge >= 0.3 is 5.97 Å². The highest BCUT2D eigenvalue weighted by Gasteiger charge is 2.23. The minimum atomic E-state index is -1.85. The summed E-state index contributed by atoms with van der Waals surface area (Å²) < 4.78 is 57.5. The second-order valence-electron chi connectivity index (χ2n) is 7.41. The fraction of sp³-hybridized carbons (Fsp3) is 0.571. The lowest BCUT2D eigenvalue weighted by molar-refractivity contribution is -0.136. The highest BCUT2D eigenvalue weighted by atomic mass is 19.2. The molecule has 1 N–H and O–H groups in total. The van der Waals surface area contributed by atoms with Crippen molar-refractivity contribution in [2.24, 2.45) is 5.92 Å². The molecule has 5 nitrogen and oxygen atoms in total. The maximum atomic E-state index is 13.5. The predicted molar refractivity (Wildman–Crippen MR) is 99.6 cm³/mol. The van der Waals surface area contributed by atoms with E-state index in [1.807, 2.05) is 0 Å². The Bertz CT molecular complexity index is 749. The third kappa shape index (κ3) is 7.11. The molecular weight excluding hydrogens is 406 g/mol. The van der Waals surface area contributed by atoms with Gasteiger partial charge in [-0.15, -0.1) is 0 Å². The first-order chi connectivity index (χ1) is 14.3. The van der Waals surface area contributed by atoms with Gasteiger partial charge in [0.15, 0.2) is 11.6 Å². The first kappa shape index (κ1) is 23.8. The minimum absolute atomic E-state index is 0.00834. The SMILES string of the molecule is O=C(CCC(=O)C1CCCCCCCC1)NCC(=O)Oc1c(F)c(F)cc(F)c1F. The Balaban J connectivity index is 1.77. The molecular formula is C21H25F4NO4. The van der Waals surface area contributed by atoms with Gasteiger partial charge in [0, 0.05) is 24.8 Å². The first-order valence-electron chi connectivity index (χ1n) is 10.1. The van der Waals surface area contributed by atoms with Crippen LogP contribution in [0.3, 0.4) is 0 Å². The van der Waals surface area contributed by atoms with E-state index in [1.54, 1.807) is 0 Å². The van der Waals surface area contributed by atoms with Crippen LogP contribution in [-0.2, 0) is 14.4 Å². The summed E-state index contributed by atoms with van der Waals surface area (Å²) in [5.74, 6) is -10.6. The quantitative estimate of drug-likeness (QED) is 0.301. The number of hydrogen-bond acceptors (Lipinski definition) is 4. The smallest absolute Gasteiger partial charge is 0.331 e. The van der Waals surface area contributed by atoms with Crippen LogP contribution in [0.2, 0.25) is 0 Å². The van der Waals surface area contributed by atoms with Gasteiger partial charge in [-0.3, -0.25) is 9.59 Å². The van der Waals surface area contributed by atoms with Crippen molar-refractivity contribution in [1.82, 2.24) is 5.32 Å². The van der Waals surface area contributed by atoms with Gasteiger partial charge in [0.25, 0.3) is 0 Å². The molecule has 0 bridgehead atoms. The highest BCUT2D eigenvalue weighted by Crippen LogP contribution is 2.26. The second kappa shape index (κ2) is 11.7. The van der Waals surface area contributed by atoms with Gasteiger partial charge < -0.3 is 10.1 Å². The lowest BCUT2D eigenvalue weighted by Gasteiger charge is -2.14. The number of esters is 1. The van der Waals surface area contributed by atoms with E-state index in [0.29, 0.717) is 0 Å². The van der Waals surface area contributed by atoms with Crippen molar-refractivity contribution in [1.29, 1.82) is 0 Å². The highest BCUT2D eigenvalue weighted by molar-refractivity contribution is 5.88. The summed E-state index contributed by atoms with van der Waals surface area (Å²) in [5, 5.41) is 2.16. The summed E-state index contributed by atoms with van der Waals surface area (Å²) in [4.78, 5) is 35.9. The number of ketones is 1. The molecule has 0 unspecified atom stereocenters. The third-order valence-corrected chi connectivity index (χ3v) is 5.13. The fourth-order valence-electron chi connectivity index (χ4n) is 3.45. The molecule has 0 heterocycles. The normalized spacial score (nSPS) is 15.6. The number of rotatable bonds is 7. The standard InChI is InChI=1S/C21H25F4NO4/c22-14-11-15(23)20(25)21(19(14)24)30-18(29)12-26-17(28)10-9-16(27)13-7-5-3-1-2-4-6-8-13/h11,13H,1-10,12H2,(H,26,28). The van der Waals surface area contributed by atoms with Gasteiger partial charge in [-0.25, -0.2) is 13.6 Å². The van der Waals surface area contributed by atoms with Crippen molar-refractivity contribution >= 4 is 17.7 Å². The third-order valence-electron chi connectivity index (χ3n) is 5.13. The Hall–Kier alpha value is -2.45. The summed E-state index contributed by atoms with van der Waals surface area (Å²) in [5.41, 5.74) is 0. The minimum Gasteiger partial charge on any atom is -0.419 e. The average Bonchev–Trinajstić information content (AvgIpc) is 2.86. The van der Waals surface area contributed by atoms with Gasteiger partial charge in [0.05, 0.1) is 0 Å². The zero-order valence-electron chi connectivity index (χ0n) is 16.6. The number of Topliss-reactive ketones (excluding diaryl/α,β-unsaturated/α-hetero) is 1. The van der Waals surface area contributed by atoms with Gasteiger partial charge in [-0.2, -0.15) is 8.78 Å². The fourth-order valence-corrected chi connectivity index (χ4v) is 3.45. The van der Waals surface area contributed by atoms with Crippen molar-refractivity contribution in [2.45, 2.75) is 64.2 Å². The largest absolute Gasteiger partial charge is 0.419 e. The van der Waals surface area contributed by atoms with E-state index >= 15 is 0 Å². The zero-order valence-corrected chi connectivity index (χ0v) is 16.6. The monoisotopic (exact) mass is 431 g/mol. The molecule has 0 saturated heterocycles. The maximum Gasteiger partial charge on any atom is 0.331 e. The number of benzene rings is 1. The Morgan fingerprint density at radius 1 is 0.867 bits per heavy atom. The van der Waals surface area contributed by atoms with Crippen LogP contribution in [0.25, 0.3) is 0 Å². The number of hydrogen-bond donors (Lipinski definition) is 1. The molecule has 2 rings (SSSR count). The second-order valence-corrected chi connectivity index (χ2v) is 7.41. The molecule has 1 aliphatic rings. The Morgan fingerprint density at radius 3 is 1.97 bits per heavy atom. The lowest BCUT2D eigenvalue weighted by Crippen LogP contribution is -2.32. The summed E-state index contributed by atoms with van der Waals surface area (Å²) in [7, 11) is 0. The van der Waals surface area contributed by atoms with E-state index in [2.05, 4.69) is 10.1 Å². The number of carbonyl (C=O) groups is 3. The molecule has 1 aliphatic carbocycles. The van der Waals surface area contributed by atoms with E-state index in [9.17, 15) is 31.9 Å². The summed E-state index contributed by atoms with van der Waals surface area (Å²) in [6, 6.07) is -0.0153. The van der Waals surface area contributed by atoms with Crippen molar-refractivity contribution in [3.63, 3.8) is 0 Å². The summed E-state index contributed by atoms with van der Waals surface area (Å²) in [6.07, 6.45) is 8.05. The molecule has 0 radical (unpaired) electrons. The molecule has 0 spiro atoms. The van der Waals surface area contributed by atoms with Gasteiger partial charge in [-0.05, 0) is 12.8 Å². The van der Waals surface area contributed by atoms with Gasteiger partial charge in [0.2, 0.25) is 23.3 Å². The molecule has 9 heteroatoms. The van der Waals surface area contributed by atoms with Gasteiger partial charge in [-0.1, -0.05) is 38.5 Å². The molecule has 166 valence electrons. The van der Waals surface area contributed by atoms with Crippen LogP contribution in [0.5, 0.6) is 5.75 Å². The first-order valence-corrected chi connectivity index (χ1v) is 10.1.